The minimum absolute atomic E-state index is 0.0118. The van der Waals surface area contributed by atoms with Gasteiger partial charge in [0.05, 0.1) is 19.3 Å². The van der Waals surface area contributed by atoms with E-state index < -0.39 is 0 Å². The molecule has 4 nitrogen and oxygen atoms in total. The number of alkyl halides is 1. The van der Waals surface area contributed by atoms with Gasteiger partial charge in [0.25, 0.3) is 5.91 Å². The molecule has 0 fully saturated rings. The molecule has 0 heterocycles. The molecule has 20 heavy (non-hydrogen) atoms. The van der Waals surface area contributed by atoms with E-state index in [9.17, 15) is 4.79 Å². The van der Waals surface area contributed by atoms with Crippen molar-refractivity contribution in [2.45, 2.75) is 18.8 Å². The van der Waals surface area contributed by atoms with Gasteiger partial charge in [-0.05, 0) is 24.6 Å². The number of amides is 1. The van der Waals surface area contributed by atoms with Crippen LogP contribution in [-0.4, -0.2) is 50.8 Å². The number of halogens is 1. The lowest BCUT2D eigenvalue weighted by molar-refractivity contribution is 0.0479. The van der Waals surface area contributed by atoms with E-state index in [0.717, 1.165) is 5.56 Å². The minimum atomic E-state index is -0.0291. The molecule has 0 bridgehead atoms. The molecule has 0 aromatic heterocycles. The summed E-state index contributed by atoms with van der Waals surface area (Å²) < 4.78 is 10.2. The Hall–Kier alpha value is -1.10. The minimum Gasteiger partial charge on any atom is -0.383 e. The number of benzene rings is 1. The van der Waals surface area contributed by atoms with Crippen molar-refractivity contribution in [1.82, 2.24) is 4.90 Å². The van der Waals surface area contributed by atoms with E-state index in [0.29, 0.717) is 31.2 Å². The maximum Gasteiger partial charge on any atom is 0.254 e. The van der Waals surface area contributed by atoms with Crippen molar-refractivity contribution in [3.05, 3.63) is 35.4 Å². The van der Waals surface area contributed by atoms with Gasteiger partial charge in [-0.1, -0.05) is 12.1 Å². The van der Waals surface area contributed by atoms with Gasteiger partial charge in [-0.2, -0.15) is 0 Å². The van der Waals surface area contributed by atoms with Crippen LogP contribution >= 0.6 is 11.6 Å². The zero-order chi connectivity index (χ0) is 15.0. The van der Waals surface area contributed by atoms with Crippen molar-refractivity contribution in [3.63, 3.8) is 0 Å². The fourth-order valence-electron chi connectivity index (χ4n) is 2.00. The van der Waals surface area contributed by atoms with Crippen LogP contribution in [0, 0.1) is 0 Å². The van der Waals surface area contributed by atoms with Crippen LogP contribution in [0.3, 0.4) is 0 Å². The van der Waals surface area contributed by atoms with Crippen LogP contribution in [0.4, 0.5) is 0 Å². The molecule has 1 aromatic carbocycles. The van der Waals surface area contributed by atoms with Gasteiger partial charge in [0, 0.05) is 32.2 Å². The van der Waals surface area contributed by atoms with Crippen molar-refractivity contribution >= 4 is 17.5 Å². The third-order valence-electron chi connectivity index (χ3n) is 3.07. The molecule has 1 rings (SSSR count). The zero-order valence-corrected chi connectivity index (χ0v) is 13.0. The Morgan fingerprint density at radius 3 is 2.70 bits per heavy atom. The Balaban J connectivity index is 2.90. The second-order valence-electron chi connectivity index (χ2n) is 4.63. The quantitative estimate of drug-likeness (QED) is 0.693. The monoisotopic (exact) mass is 299 g/mol. The van der Waals surface area contributed by atoms with Gasteiger partial charge in [-0.25, -0.2) is 0 Å². The van der Waals surface area contributed by atoms with Crippen LogP contribution in [0.25, 0.3) is 0 Å². The van der Waals surface area contributed by atoms with Gasteiger partial charge in [0.15, 0.2) is 0 Å². The molecule has 1 unspecified atom stereocenters. The highest BCUT2D eigenvalue weighted by Crippen LogP contribution is 2.12. The molecule has 0 saturated carbocycles. The van der Waals surface area contributed by atoms with Crippen LogP contribution in [0.2, 0.25) is 0 Å². The lowest BCUT2D eigenvalue weighted by Crippen LogP contribution is -2.43. The predicted octanol–water partition coefficient (Wildman–Crippen LogP) is 2.55. The second-order valence-corrected chi connectivity index (χ2v) is 4.90. The maximum atomic E-state index is 12.6. The van der Waals surface area contributed by atoms with Gasteiger partial charge in [0.2, 0.25) is 0 Å². The normalized spacial score (nSPS) is 12.2. The smallest absolute Gasteiger partial charge is 0.254 e. The van der Waals surface area contributed by atoms with Gasteiger partial charge in [-0.15, -0.1) is 11.6 Å². The van der Waals surface area contributed by atoms with E-state index in [1.165, 1.54) is 0 Å². The molecule has 0 aliphatic carbocycles. The first kappa shape index (κ1) is 17.0. The van der Waals surface area contributed by atoms with E-state index in [1.807, 2.05) is 25.1 Å². The van der Waals surface area contributed by atoms with Crippen LogP contribution in [0.1, 0.15) is 22.8 Å². The maximum absolute atomic E-state index is 12.6. The number of rotatable bonds is 8. The van der Waals surface area contributed by atoms with Gasteiger partial charge in [0.1, 0.15) is 0 Å². The molecule has 0 aliphatic heterocycles. The molecular weight excluding hydrogens is 278 g/mol. The summed E-state index contributed by atoms with van der Waals surface area (Å²) in [5.74, 6) is 0.367. The lowest BCUT2D eigenvalue weighted by atomic mass is 10.1. The third-order valence-corrected chi connectivity index (χ3v) is 3.37. The first-order chi connectivity index (χ1) is 9.63. The average Bonchev–Trinajstić information content (AvgIpc) is 2.47. The Labute approximate surface area is 125 Å². The topological polar surface area (TPSA) is 38.8 Å². The summed E-state index contributed by atoms with van der Waals surface area (Å²) in [6.07, 6.45) is 0. The number of carbonyl (C=O) groups excluding carboxylic acids is 1. The summed E-state index contributed by atoms with van der Waals surface area (Å²) in [7, 11) is 3.25. The molecule has 0 spiro atoms. The molecule has 0 N–H and O–H groups in total. The molecule has 112 valence electrons. The van der Waals surface area contributed by atoms with Crippen LogP contribution in [0.5, 0.6) is 0 Å². The first-order valence-electron chi connectivity index (χ1n) is 6.57. The summed E-state index contributed by atoms with van der Waals surface area (Å²) in [4.78, 5) is 14.4. The SMILES string of the molecule is COCCN(C(=O)c1cccc(CCl)c1)C(C)COC. The number of carbonyl (C=O) groups is 1. The standard InChI is InChI=1S/C15H22ClNO3/c1-12(11-20-3)17(7-8-19-2)15(18)14-6-4-5-13(9-14)10-16/h4-6,9,12H,7-8,10-11H2,1-3H3. The summed E-state index contributed by atoms with van der Waals surface area (Å²) in [5, 5.41) is 0. The van der Waals surface area contributed by atoms with Crippen molar-refractivity contribution in [2.24, 2.45) is 0 Å². The van der Waals surface area contributed by atoms with E-state index in [1.54, 1.807) is 25.2 Å². The first-order valence-corrected chi connectivity index (χ1v) is 7.11. The number of methoxy groups -OCH3 is 2. The highest BCUT2D eigenvalue weighted by Gasteiger charge is 2.21. The largest absolute Gasteiger partial charge is 0.383 e. The Kier molecular flexibility index (Phi) is 7.59. The average molecular weight is 300 g/mol. The molecule has 5 heteroatoms. The molecule has 1 atom stereocenters. The van der Waals surface area contributed by atoms with Gasteiger partial charge >= 0.3 is 0 Å². The highest BCUT2D eigenvalue weighted by atomic mass is 35.5. The lowest BCUT2D eigenvalue weighted by Gasteiger charge is -2.28. The fraction of sp³-hybridized carbons (Fsp3) is 0.533. The highest BCUT2D eigenvalue weighted by molar-refractivity contribution is 6.17. The Morgan fingerprint density at radius 1 is 1.35 bits per heavy atom. The molecular formula is C15H22ClNO3. The van der Waals surface area contributed by atoms with Crippen molar-refractivity contribution in [3.8, 4) is 0 Å². The van der Waals surface area contributed by atoms with Gasteiger partial charge < -0.3 is 14.4 Å². The fourth-order valence-corrected chi connectivity index (χ4v) is 2.16. The Morgan fingerprint density at radius 2 is 2.10 bits per heavy atom. The molecule has 0 radical (unpaired) electrons. The Bertz CT molecular complexity index is 425. The van der Waals surface area contributed by atoms with Crippen molar-refractivity contribution < 1.29 is 14.3 Å². The number of hydrogen-bond donors (Lipinski definition) is 0. The summed E-state index contributed by atoms with van der Waals surface area (Å²) in [5.41, 5.74) is 1.57. The molecule has 1 aromatic rings. The number of ether oxygens (including phenoxy) is 2. The van der Waals surface area contributed by atoms with Crippen LogP contribution in [0.15, 0.2) is 24.3 Å². The molecule has 1 amide bonds. The number of hydrogen-bond acceptors (Lipinski definition) is 3. The van der Waals surface area contributed by atoms with E-state index in [-0.39, 0.29) is 11.9 Å². The molecule has 0 aliphatic rings. The van der Waals surface area contributed by atoms with E-state index in [2.05, 4.69) is 0 Å². The summed E-state index contributed by atoms with van der Waals surface area (Å²) in [6.45, 7) is 3.48. The number of nitrogens with zero attached hydrogens (tertiary/aromatic N) is 1. The van der Waals surface area contributed by atoms with E-state index >= 15 is 0 Å². The van der Waals surface area contributed by atoms with E-state index in [4.69, 9.17) is 21.1 Å². The van der Waals surface area contributed by atoms with Gasteiger partial charge in [-0.3, -0.25) is 4.79 Å². The van der Waals surface area contributed by atoms with Crippen LogP contribution < -0.4 is 0 Å². The van der Waals surface area contributed by atoms with Crippen LogP contribution in [-0.2, 0) is 15.4 Å². The van der Waals surface area contributed by atoms with Crippen molar-refractivity contribution in [1.29, 1.82) is 0 Å². The summed E-state index contributed by atoms with van der Waals surface area (Å²) >= 11 is 5.81. The predicted molar refractivity (Wildman–Crippen MR) is 80.2 cm³/mol. The van der Waals surface area contributed by atoms with Crippen molar-refractivity contribution in [2.75, 3.05) is 34.0 Å². The third kappa shape index (κ3) is 4.78. The molecule has 0 saturated heterocycles. The second kappa shape index (κ2) is 8.95. The summed E-state index contributed by atoms with van der Waals surface area (Å²) in [6, 6.07) is 7.37. The zero-order valence-electron chi connectivity index (χ0n) is 12.3.